The Labute approximate surface area is 121 Å². The van der Waals surface area contributed by atoms with E-state index in [-0.39, 0.29) is 0 Å². The molecule has 6 heteroatoms. The number of rotatable bonds is 6. The van der Waals surface area contributed by atoms with Gasteiger partial charge in [-0.1, -0.05) is 30.7 Å². The topological polar surface area (TPSA) is 75.6 Å². The van der Waals surface area contributed by atoms with Crippen LogP contribution in [0.15, 0.2) is 24.3 Å². The largest absolute Gasteiger partial charge is 0.480 e. The number of halogens is 1. The van der Waals surface area contributed by atoms with Gasteiger partial charge in [0, 0.05) is 0 Å². The lowest BCUT2D eigenvalue weighted by Gasteiger charge is -2.20. The Morgan fingerprint density at radius 1 is 1.45 bits per heavy atom. The van der Waals surface area contributed by atoms with Crippen molar-refractivity contribution in [3.8, 4) is 5.75 Å². The van der Waals surface area contributed by atoms with Crippen molar-refractivity contribution in [2.75, 3.05) is 0 Å². The minimum atomic E-state index is -1.10. The number of carbonyl (C=O) groups excluding carboxylic acids is 1. The number of amides is 1. The number of carboxylic acids is 1. The molecule has 2 rings (SSSR count). The van der Waals surface area contributed by atoms with E-state index in [4.69, 9.17) is 21.4 Å². The third-order valence-corrected chi connectivity index (χ3v) is 3.60. The summed E-state index contributed by atoms with van der Waals surface area (Å²) < 4.78 is 5.57. The fourth-order valence-corrected chi connectivity index (χ4v) is 2.03. The molecule has 0 saturated heterocycles. The van der Waals surface area contributed by atoms with E-state index >= 15 is 0 Å². The quantitative estimate of drug-likeness (QED) is 0.844. The van der Waals surface area contributed by atoms with E-state index in [0.29, 0.717) is 30.0 Å². The van der Waals surface area contributed by atoms with Crippen LogP contribution in [0.3, 0.4) is 0 Å². The molecule has 1 unspecified atom stereocenters. The van der Waals surface area contributed by atoms with E-state index < -0.39 is 23.5 Å². The molecule has 0 aliphatic heterocycles. The van der Waals surface area contributed by atoms with Crippen molar-refractivity contribution in [3.05, 3.63) is 29.3 Å². The molecule has 1 aromatic carbocycles. The number of para-hydroxylation sites is 1. The number of benzene rings is 1. The predicted molar refractivity (Wildman–Crippen MR) is 73.9 cm³/mol. The summed E-state index contributed by atoms with van der Waals surface area (Å²) in [4.78, 5) is 23.2. The Hall–Kier alpha value is -1.75. The van der Waals surface area contributed by atoms with Crippen molar-refractivity contribution >= 4 is 23.5 Å². The standard InChI is InChI=1S/C14H16ClNO4/c1-2-10(20-11-6-4-3-5-9(11)15)12(17)16-14(7-8-14)13(18)19/h3-6,10H,2,7-8H2,1H3,(H,16,17)(H,18,19). The number of ether oxygens (including phenoxy) is 1. The van der Waals surface area contributed by atoms with E-state index in [9.17, 15) is 9.59 Å². The van der Waals surface area contributed by atoms with Gasteiger partial charge >= 0.3 is 5.97 Å². The van der Waals surface area contributed by atoms with E-state index in [2.05, 4.69) is 5.32 Å². The number of carboxylic acid groups (broad SMARTS) is 1. The van der Waals surface area contributed by atoms with Gasteiger partial charge < -0.3 is 15.2 Å². The minimum absolute atomic E-state index is 0.413. The van der Waals surface area contributed by atoms with Gasteiger partial charge in [-0.2, -0.15) is 0 Å². The molecule has 1 aliphatic carbocycles. The zero-order valence-electron chi connectivity index (χ0n) is 11.1. The van der Waals surface area contributed by atoms with Crippen LogP contribution in [0.25, 0.3) is 0 Å². The summed E-state index contributed by atoms with van der Waals surface area (Å²) in [5, 5.41) is 12.0. The van der Waals surface area contributed by atoms with Crippen molar-refractivity contribution in [2.45, 2.75) is 37.8 Å². The molecule has 0 heterocycles. The number of nitrogens with one attached hydrogen (secondary N) is 1. The van der Waals surface area contributed by atoms with Gasteiger partial charge in [0.15, 0.2) is 6.10 Å². The van der Waals surface area contributed by atoms with Gasteiger partial charge in [0.25, 0.3) is 5.91 Å². The van der Waals surface area contributed by atoms with Crippen LogP contribution in [-0.4, -0.2) is 28.6 Å². The van der Waals surface area contributed by atoms with Crippen molar-refractivity contribution < 1.29 is 19.4 Å². The first-order chi connectivity index (χ1) is 9.48. The maximum atomic E-state index is 12.1. The predicted octanol–water partition coefficient (Wildman–Crippen LogP) is 2.23. The number of aliphatic carboxylic acids is 1. The van der Waals surface area contributed by atoms with Crippen LogP contribution in [0.1, 0.15) is 26.2 Å². The lowest BCUT2D eigenvalue weighted by Crippen LogP contribution is -2.48. The van der Waals surface area contributed by atoms with Gasteiger partial charge in [-0.3, -0.25) is 4.79 Å². The summed E-state index contributed by atoms with van der Waals surface area (Å²) >= 11 is 5.98. The summed E-state index contributed by atoms with van der Waals surface area (Å²) in [5.41, 5.74) is -1.10. The summed E-state index contributed by atoms with van der Waals surface area (Å²) in [6.45, 7) is 1.79. The first kappa shape index (κ1) is 14.7. The Kier molecular flexibility index (Phi) is 4.18. The van der Waals surface area contributed by atoms with Crippen LogP contribution in [0.2, 0.25) is 5.02 Å². The number of hydrogen-bond donors (Lipinski definition) is 2. The van der Waals surface area contributed by atoms with E-state index in [1.54, 1.807) is 31.2 Å². The molecule has 1 fully saturated rings. The lowest BCUT2D eigenvalue weighted by molar-refractivity contribution is -0.144. The smallest absolute Gasteiger partial charge is 0.329 e. The third kappa shape index (κ3) is 3.04. The van der Waals surface area contributed by atoms with E-state index in [0.717, 1.165) is 0 Å². The molecule has 0 radical (unpaired) electrons. The second-order valence-electron chi connectivity index (χ2n) is 4.82. The van der Waals surface area contributed by atoms with Gasteiger partial charge in [-0.25, -0.2) is 4.79 Å². The second kappa shape index (κ2) is 5.71. The van der Waals surface area contributed by atoms with Gasteiger partial charge in [0.2, 0.25) is 0 Å². The molecule has 5 nitrogen and oxygen atoms in total. The zero-order valence-corrected chi connectivity index (χ0v) is 11.8. The van der Waals surface area contributed by atoms with Crippen LogP contribution in [0, 0.1) is 0 Å². The molecular weight excluding hydrogens is 282 g/mol. The molecular formula is C14H16ClNO4. The Bertz CT molecular complexity index is 528. The summed E-state index contributed by atoms with van der Waals surface area (Å²) in [5.74, 6) is -1.01. The molecule has 1 atom stereocenters. The first-order valence-corrected chi connectivity index (χ1v) is 6.83. The molecule has 20 heavy (non-hydrogen) atoms. The monoisotopic (exact) mass is 297 g/mol. The first-order valence-electron chi connectivity index (χ1n) is 6.45. The highest BCUT2D eigenvalue weighted by atomic mass is 35.5. The highest BCUT2D eigenvalue weighted by Crippen LogP contribution is 2.35. The Morgan fingerprint density at radius 2 is 2.10 bits per heavy atom. The van der Waals surface area contributed by atoms with Crippen LogP contribution in [-0.2, 0) is 9.59 Å². The normalized spacial score (nSPS) is 17.1. The minimum Gasteiger partial charge on any atom is -0.480 e. The zero-order chi connectivity index (χ0) is 14.8. The molecule has 1 amide bonds. The van der Waals surface area contributed by atoms with Gasteiger partial charge in [-0.15, -0.1) is 0 Å². The highest BCUT2D eigenvalue weighted by molar-refractivity contribution is 6.32. The summed E-state index contributed by atoms with van der Waals surface area (Å²) in [6.07, 6.45) is 0.576. The fraction of sp³-hybridized carbons (Fsp3) is 0.429. The fourth-order valence-electron chi connectivity index (χ4n) is 1.85. The van der Waals surface area contributed by atoms with Crippen molar-refractivity contribution in [1.82, 2.24) is 5.32 Å². The maximum Gasteiger partial charge on any atom is 0.329 e. The van der Waals surface area contributed by atoms with Gasteiger partial charge in [0.1, 0.15) is 11.3 Å². The molecule has 1 aliphatic rings. The summed E-state index contributed by atoms with van der Waals surface area (Å²) in [6, 6.07) is 6.86. The van der Waals surface area contributed by atoms with Gasteiger partial charge in [0.05, 0.1) is 5.02 Å². The molecule has 1 saturated carbocycles. The molecule has 0 aromatic heterocycles. The maximum absolute atomic E-state index is 12.1. The van der Waals surface area contributed by atoms with Crippen molar-refractivity contribution in [1.29, 1.82) is 0 Å². The molecule has 1 aromatic rings. The Morgan fingerprint density at radius 3 is 2.60 bits per heavy atom. The Balaban J connectivity index is 2.03. The second-order valence-corrected chi connectivity index (χ2v) is 5.23. The van der Waals surface area contributed by atoms with Crippen LogP contribution in [0.4, 0.5) is 0 Å². The molecule has 0 bridgehead atoms. The third-order valence-electron chi connectivity index (χ3n) is 3.29. The van der Waals surface area contributed by atoms with E-state index in [1.165, 1.54) is 0 Å². The van der Waals surface area contributed by atoms with Crippen LogP contribution in [0.5, 0.6) is 5.75 Å². The number of hydrogen-bond acceptors (Lipinski definition) is 3. The van der Waals surface area contributed by atoms with Crippen LogP contribution < -0.4 is 10.1 Å². The number of carbonyl (C=O) groups is 2. The molecule has 0 spiro atoms. The average Bonchev–Trinajstić information content (AvgIpc) is 3.18. The van der Waals surface area contributed by atoms with Crippen molar-refractivity contribution in [3.63, 3.8) is 0 Å². The molecule has 108 valence electrons. The SMILES string of the molecule is CCC(Oc1ccccc1Cl)C(=O)NC1(C(=O)O)CC1. The lowest BCUT2D eigenvalue weighted by atomic mass is 10.2. The highest BCUT2D eigenvalue weighted by Gasteiger charge is 2.52. The summed E-state index contributed by atoms with van der Waals surface area (Å²) in [7, 11) is 0. The average molecular weight is 298 g/mol. The van der Waals surface area contributed by atoms with Crippen molar-refractivity contribution in [2.24, 2.45) is 0 Å². The molecule has 2 N–H and O–H groups in total. The van der Waals surface area contributed by atoms with E-state index in [1.807, 2.05) is 0 Å². The van der Waals surface area contributed by atoms with Gasteiger partial charge in [-0.05, 0) is 31.4 Å². The van der Waals surface area contributed by atoms with Crippen LogP contribution >= 0.6 is 11.6 Å².